The molecule has 1 amide bonds. The fraction of sp³-hybridized carbons (Fsp3) is 0.500. The Kier molecular flexibility index (Phi) is 3.40. The molecule has 3 rings (SSSR count). The molecule has 1 aromatic rings. The molecule has 2 aliphatic rings. The van der Waals surface area contributed by atoms with Gasteiger partial charge >= 0.3 is 0 Å². The molecule has 2 atom stereocenters. The minimum atomic E-state index is -0.352. The summed E-state index contributed by atoms with van der Waals surface area (Å²) in [4.78, 5) is 12.8. The number of rotatable bonds is 3. The second kappa shape index (κ2) is 4.88. The van der Waals surface area contributed by atoms with Gasteiger partial charge < -0.3 is 5.32 Å². The molecule has 2 bridgehead atoms. The molecule has 0 aliphatic heterocycles. The van der Waals surface area contributed by atoms with E-state index in [1.54, 1.807) is 0 Å². The van der Waals surface area contributed by atoms with E-state index in [0.29, 0.717) is 17.5 Å². The van der Waals surface area contributed by atoms with E-state index in [0.717, 1.165) is 30.4 Å². The lowest BCUT2D eigenvalue weighted by atomic mass is 9.68. The molecule has 0 saturated heterocycles. The van der Waals surface area contributed by atoms with Crippen LogP contribution in [0.15, 0.2) is 36.4 Å². The van der Waals surface area contributed by atoms with Crippen molar-refractivity contribution in [2.45, 2.75) is 39.7 Å². The molecule has 0 heterocycles. The van der Waals surface area contributed by atoms with Crippen LogP contribution in [0.1, 0.15) is 38.7 Å². The molecule has 2 saturated carbocycles. The summed E-state index contributed by atoms with van der Waals surface area (Å²) < 4.78 is 0. The first-order valence-corrected chi connectivity index (χ1v) is 7.97. The maximum atomic E-state index is 12.8. The summed E-state index contributed by atoms with van der Waals surface area (Å²) >= 11 is 6.15. The van der Waals surface area contributed by atoms with Gasteiger partial charge in [-0.1, -0.05) is 55.8 Å². The molecule has 1 N–H and O–H groups in total. The van der Waals surface area contributed by atoms with E-state index in [4.69, 9.17) is 11.6 Å². The van der Waals surface area contributed by atoms with Gasteiger partial charge in [-0.25, -0.2) is 0 Å². The molecule has 0 radical (unpaired) electrons. The van der Waals surface area contributed by atoms with E-state index in [2.05, 4.69) is 25.7 Å². The van der Waals surface area contributed by atoms with E-state index >= 15 is 0 Å². The van der Waals surface area contributed by atoms with Crippen molar-refractivity contribution in [2.75, 3.05) is 0 Å². The van der Waals surface area contributed by atoms with Gasteiger partial charge in [-0.15, -0.1) is 0 Å². The van der Waals surface area contributed by atoms with Crippen molar-refractivity contribution in [3.63, 3.8) is 0 Å². The zero-order chi connectivity index (χ0) is 15.3. The van der Waals surface area contributed by atoms with E-state index in [9.17, 15) is 4.79 Å². The van der Waals surface area contributed by atoms with Crippen LogP contribution in [-0.4, -0.2) is 5.91 Å². The number of hydrogen-bond donors (Lipinski definition) is 1. The maximum absolute atomic E-state index is 12.8. The number of carbonyl (C=O) groups is 1. The van der Waals surface area contributed by atoms with Crippen LogP contribution in [0.2, 0.25) is 5.02 Å². The Morgan fingerprint density at radius 2 is 2.14 bits per heavy atom. The highest BCUT2D eigenvalue weighted by atomic mass is 35.5. The van der Waals surface area contributed by atoms with Crippen LogP contribution < -0.4 is 5.32 Å². The monoisotopic (exact) mass is 303 g/mol. The SMILES string of the molecule is C=C1C2(C(=O)NCc3ccccc3Cl)CCC(C2)C1(C)C. The number of fused-ring (bicyclic) bond motifs is 2. The lowest BCUT2D eigenvalue weighted by Gasteiger charge is -2.37. The standard InChI is InChI=1S/C18H22ClNO/c1-12-17(2,3)14-8-9-18(12,10-14)16(21)20-11-13-6-4-5-7-15(13)19/h4-7,14H,1,8-11H2,2-3H3,(H,20,21). The lowest BCUT2D eigenvalue weighted by molar-refractivity contribution is -0.128. The molecule has 112 valence electrons. The molecular formula is C18H22ClNO. The number of carbonyl (C=O) groups excluding carboxylic acids is 1. The van der Waals surface area contributed by atoms with Gasteiger partial charge in [0.05, 0.1) is 5.41 Å². The minimum Gasteiger partial charge on any atom is -0.351 e. The number of amides is 1. The molecule has 2 unspecified atom stereocenters. The highest BCUT2D eigenvalue weighted by Gasteiger charge is 2.60. The molecule has 2 nitrogen and oxygen atoms in total. The van der Waals surface area contributed by atoms with Gasteiger partial charge in [0.25, 0.3) is 0 Å². The van der Waals surface area contributed by atoms with E-state index < -0.39 is 0 Å². The Morgan fingerprint density at radius 1 is 1.43 bits per heavy atom. The van der Waals surface area contributed by atoms with Gasteiger partial charge in [0.2, 0.25) is 5.91 Å². The van der Waals surface area contributed by atoms with E-state index in [1.807, 2.05) is 24.3 Å². The summed E-state index contributed by atoms with van der Waals surface area (Å²) in [5.41, 5.74) is 1.80. The van der Waals surface area contributed by atoms with Crippen molar-refractivity contribution in [1.82, 2.24) is 5.32 Å². The summed E-state index contributed by atoms with van der Waals surface area (Å²) in [6.07, 6.45) is 3.02. The molecule has 21 heavy (non-hydrogen) atoms. The second-order valence-electron chi connectivity index (χ2n) is 7.00. The third kappa shape index (κ3) is 2.12. The highest BCUT2D eigenvalue weighted by molar-refractivity contribution is 6.31. The molecule has 1 aromatic carbocycles. The molecule has 0 spiro atoms. The Balaban J connectivity index is 1.75. The Labute approximate surface area is 131 Å². The van der Waals surface area contributed by atoms with Gasteiger partial charge in [0.1, 0.15) is 0 Å². The first kappa shape index (κ1) is 14.6. The van der Waals surface area contributed by atoms with Crippen molar-refractivity contribution in [1.29, 1.82) is 0 Å². The smallest absolute Gasteiger partial charge is 0.230 e. The summed E-state index contributed by atoms with van der Waals surface area (Å²) in [5, 5.41) is 3.78. The Hall–Kier alpha value is -1.28. The minimum absolute atomic E-state index is 0.0833. The average molecular weight is 304 g/mol. The van der Waals surface area contributed by atoms with Crippen LogP contribution >= 0.6 is 11.6 Å². The molecule has 0 aromatic heterocycles. The first-order valence-electron chi connectivity index (χ1n) is 7.59. The van der Waals surface area contributed by atoms with Crippen LogP contribution in [0.5, 0.6) is 0 Å². The highest BCUT2D eigenvalue weighted by Crippen LogP contribution is 2.65. The number of benzene rings is 1. The zero-order valence-electron chi connectivity index (χ0n) is 12.7. The molecule has 2 aliphatic carbocycles. The van der Waals surface area contributed by atoms with E-state index in [1.165, 1.54) is 0 Å². The van der Waals surface area contributed by atoms with Crippen molar-refractivity contribution in [2.24, 2.45) is 16.7 Å². The van der Waals surface area contributed by atoms with Gasteiger partial charge in [0, 0.05) is 11.6 Å². The van der Waals surface area contributed by atoms with Crippen LogP contribution in [0, 0.1) is 16.7 Å². The topological polar surface area (TPSA) is 29.1 Å². The molecule has 3 heteroatoms. The van der Waals surface area contributed by atoms with Crippen molar-refractivity contribution < 1.29 is 4.79 Å². The Morgan fingerprint density at radius 3 is 2.76 bits per heavy atom. The third-order valence-corrected chi connectivity index (χ3v) is 6.09. The fourth-order valence-electron chi connectivity index (χ4n) is 4.13. The van der Waals surface area contributed by atoms with Crippen molar-refractivity contribution in [3.05, 3.63) is 47.0 Å². The molecule has 2 fully saturated rings. The number of hydrogen-bond acceptors (Lipinski definition) is 1. The largest absolute Gasteiger partial charge is 0.351 e. The predicted octanol–water partition coefficient (Wildman–Crippen LogP) is 4.34. The normalized spacial score (nSPS) is 29.7. The van der Waals surface area contributed by atoms with Gasteiger partial charge in [0.15, 0.2) is 0 Å². The summed E-state index contributed by atoms with van der Waals surface area (Å²) in [6.45, 7) is 9.20. The van der Waals surface area contributed by atoms with Crippen LogP contribution in [0.3, 0.4) is 0 Å². The maximum Gasteiger partial charge on any atom is 0.230 e. The Bertz CT molecular complexity index is 607. The summed E-state index contributed by atoms with van der Waals surface area (Å²) in [6, 6.07) is 7.64. The predicted molar refractivity (Wildman–Crippen MR) is 86.0 cm³/mol. The second-order valence-corrected chi connectivity index (χ2v) is 7.40. The van der Waals surface area contributed by atoms with Gasteiger partial charge in [-0.2, -0.15) is 0 Å². The number of halogens is 1. The van der Waals surface area contributed by atoms with Crippen molar-refractivity contribution in [3.8, 4) is 0 Å². The van der Waals surface area contributed by atoms with Crippen molar-refractivity contribution >= 4 is 17.5 Å². The average Bonchev–Trinajstić information content (AvgIpc) is 2.98. The summed E-state index contributed by atoms with van der Waals surface area (Å²) in [5.74, 6) is 0.719. The van der Waals surface area contributed by atoms with Crippen LogP contribution in [0.4, 0.5) is 0 Å². The zero-order valence-corrected chi connectivity index (χ0v) is 13.5. The van der Waals surface area contributed by atoms with Crippen LogP contribution in [0.25, 0.3) is 0 Å². The molecular weight excluding hydrogens is 282 g/mol. The summed E-state index contributed by atoms with van der Waals surface area (Å²) in [7, 11) is 0. The first-order chi connectivity index (χ1) is 9.88. The lowest BCUT2D eigenvalue weighted by Crippen LogP contribution is -2.41. The fourth-order valence-corrected chi connectivity index (χ4v) is 4.33. The van der Waals surface area contributed by atoms with Crippen LogP contribution in [-0.2, 0) is 11.3 Å². The quantitative estimate of drug-likeness (QED) is 0.827. The number of nitrogens with one attached hydrogen (secondary N) is 1. The third-order valence-electron chi connectivity index (χ3n) is 5.72. The van der Waals surface area contributed by atoms with E-state index in [-0.39, 0.29) is 16.7 Å². The van der Waals surface area contributed by atoms with Gasteiger partial charge in [-0.3, -0.25) is 4.79 Å². The van der Waals surface area contributed by atoms with Gasteiger partial charge in [-0.05, 0) is 42.2 Å².